The van der Waals surface area contributed by atoms with Crippen LogP contribution in [0.5, 0.6) is 5.75 Å². The second kappa shape index (κ2) is 12.6. The van der Waals surface area contributed by atoms with Gasteiger partial charge in [0.2, 0.25) is 10.0 Å². The maximum Gasteiger partial charge on any atom is 0.213 e. The summed E-state index contributed by atoms with van der Waals surface area (Å²) in [6.45, 7) is 8.54. The zero-order valence-corrected chi connectivity index (χ0v) is 18.7. The molecule has 1 unspecified atom stereocenters. The normalized spacial score (nSPS) is 13.4. The van der Waals surface area contributed by atoms with Gasteiger partial charge in [-0.15, -0.1) is 0 Å². The number of methoxy groups -OCH3 is 1. The molecule has 0 heterocycles. The van der Waals surface area contributed by atoms with Crippen LogP contribution < -0.4 is 15.4 Å². The maximum atomic E-state index is 11.7. The minimum Gasteiger partial charge on any atom is -0.497 e. The highest BCUT2D eigenvalue weighted by atomic mass is 32.2. The van der Waals surface area contributed by atoms with E-state index in [1.165, 1.54) is 9.87 Å². The summed E-state index contributed by atoms with van der Waals surface area (Å²) in [4.78, 5) is 4.54. The molecule has 0 aromatic heterocycles. The van der Waals surface area contributed by atoms with Gasteiger partial charge in [0.05, 0.1) is 12.9 Å². The Bertz CT molecular complexity index is 690. The van der Waals surface area contributed by atoms with Crippen LogP contribution in [0.1, 0.15) is 45.1 Å². The van der Waals surface area contributed by atoms with Crippen molar-refractivity contribution in [3.63, 3.8) is 0 Å². The molecule has 28 heavy (non-hydrogen) atoms. The number of hydrogen-bond acceptors (Lipinski definition) is 4. The molecule has 0 saturated carbocycles. The van der Waals surface area contributed by atoms with Crippen molar-refractivity contribution in [1.29, 1.82) is 0 Å². The van der Waals surface area contributed by atoms with Crippen LogP contribution in [0.2, 0.25) is 0 Å². The van der Waals surface area contributed by atoms with Crippen molar-refractivity contribution in [3.8, 4) is 5.75 Å². The van der Waals surface area contributed by atoms with Crippen LogP contribution in [0.4, 0.5) is 0 Å². The number of rotatable bonds is 12. The van der Waals surface area contributed by atoms with E-state index in [0.717, 1.165) is 31.2 Å². The molecule has 1 rings (SSSR count). The van der Waals surface area contributed by atoms with Crippen molar-refractivity contribution in [3.05, 3.63) is 29.8 Å². The number of hydrogen-bond donors (Lipinski definition) is 2. The average molecular weight is 413 g/mol. The van der Waals surface area contributed by atoms with E-state index in [2.05, 4.69) is 34.7 Å². The number of nitrogens with one attached hydrogen (secondary N) is 2. The van der Waals surface area contributed by atoms with Gasteiger partial charge in [0.15, 0.2) is 5.96 Å². The van der Waals surface area contributed by atoms with Gasteiger partial charge < -0.3 is 15.4 Å². The van der Waals surface area contributed by atoms with Crippen molar-refractivity contribution in [2.75, 3.05) is 46.1 Å². The molecule has 0 aliphatic heterocycles. The molecule has 0 amide bonds. The lowest BCUT2D eigenvalue weighted by Gasteiger charge is -2.16. The highest BCUT2D eigenvalue weighted by Crippen LogP contribution is 2.21. The largest absolute Gasteiger partial charge is 0.497 e. The molecule has 1 aromatic rings. The Balaban J connectivity index is 2.43. The second-order valence-corrected chi connectivity index (χ2v) is 9.09. The average Bonchev–Trinajstić information content (AvgIpc) is 2.70. The van der Waals surface area contributed by atoms with Gasteiger partial charge in [-0.2, -0.15) is 0 Å². The summed E-state index contributed by atoms with van der Waals surface area (Å²) in [5.74, 6) is 2.19. The summed E-state index contributed by atoms with van der Waals surface area (Å²) < 4.78 is 30.1. The first-order chi connectivity index (χ1) is 13.3. The number of sulfonamides is 1. The molecule has 0 saturated heterocycles. The van der Waals surface area contributed by atoms with Crippen LogP contribution in [-0.2, 0) is 10.0 Å². The first-order valence-electron chi connectivity index (χ1n) is 9.94. The molecule has 0 fully saturated rings. The number of nitrogens with zero attached hydrogens (tertiary/aromatic N) is 2. The minimum absolute atomic E-state index is 0.128. The number of ether oxygens (including phenoxy) is 1. The summed E-state index contributed by atoms with van der Waals surface area (Å²) in [7, 11) is 0.171. The molecule has 7 nitrogen and oxygen atoms in total. The first-order valence-corrected chi connectivity index (χ1v) is 11.5. The highest BCUT2D eigenvalue weighted by Gasteiger charge is 2.13. The van der Waals surface area contributed by atoms with Crippen LogP contribution in [0.25, 0.3) is 0 Å². The Hall–Kier alpha value is -1.80. The predicted molar refractivity (Wildman–Crippen MR) is 117 cm³/mol. The van der Waals surface area contributed by atoms with Gasteiger partial charge in [-0.05, 0) is 50.3 Å². The van der Waals surface area contributed by atoms with Gasteiger partial charge in [0.1, 0.15) is 5.75 Å². The van der Waals surface area contributed by atoms with Crippen molar-refractivity contribution >= 4 is 16.0 Å². The Morgan fingerprint density at radius 3 is 2.46 bits per heavy atom. The fourth-order valence-electron chi connectivity index (χ4n) is 2.69. The van der Waals surface area contributed by atoms with Gasteiger partial charge in [0, 0.05) is 33.2 Å². The van der Waals surface area contributed by atoms with Crippen LogP contribution >= 0.6 is 0 Å². The third-order valence-corrected chi connectivity index (χ3v) is 6.50. The molecular weight excluding hydrogens is 376 g/mol. The van der Waals surface area contributed by atoms with Crippen molar-refractivity contribution in [2.24, 2.45) is 4.99 Å². The SMILES string of the molecule is CCNC(=NCCCN(C)S(=O)(=O)CC)NCCC(C)c1ccc(OC)cc1. The fraction of sp³-hybridized carbons (Fsp3) is 0.650. The van der Waals surface area contributed by atoms with Gasteiger partial charge in [-0.3, -0.25) is 4.99 Å². The Morgan fingerprint density at radius 2 is 1.89 bits per heavy atom. The Labute approximate surface area is 170 Å². The summed E-state index contributed by atoms with van der Waals surface area (Å²) in [6.07, 6.45) is 1.67. The zero-order valence-electron chi connectivity index (χ0n) is 17.9. The lowest BCUT2D eigenvalue weighted by Crippen LogP contribution is -2.38. The maximum absolute atomic E-state index is 11.7. The van der Waals surface area contributed by atoms with E-state index in [9.17, 15) is 8.42 Å². The molecule has 1 aromatic carbocycles. The molecule has 0 spiro atoms. The standard InChI is InChI=1S/C20H36N4O3S/c1-6-21-20(22-14-8-16-24(4)28(25,26)7-2)23-15-13-17(3)18-9-11-19(27-5)12-10-18/h9-12,17H,6-8,13-16H2,1-5H3,(H2,21,22,23). The van der Waals surface area contributed by atoms with E-state index in [-0.39, 0.29) is 5.75 Å². The zero-order chi connectivity index (χ0) is 21.0. The van der Waals surface area contributed by atoms with Gasteiger partial charge >= 0.3 is 0 Å². The fourth-order valence-corrected chi connectivity index (χ4v) is 3.54. The molecule has 0 aliphatic rings. The first kappa shape index (κ1) is 24.2. The van der Waals surface area contributed by atoms with Gasteiger partial charge in [-0.25, -0.2) is 12.7 Å². The van der Waals surface area contributed by atoms with E-state index < -0.39 is 10.0 Å². The highest BCUT2D eigenvalue weighted by molar-refractivity contribution is 7.89. The quantitative estimate of drug-likeness (QED) is 0.313. The minimum atomic E-state index is -3.12. The number of benzene rings is 1. The van der Waals surface area contributed by atoms with E-state index in [4.69, 9.17) is 4.74 Å². The predicted octanol–water partition coefficient (Wildman–Crippen LogP) is 2.42. The van der Waals surface area contributed by atoms with Crippen molar-refractivity contribution < 1.29 is 13.2 Å². The van der Waals surface area contributed by atoms with E-state index >= 15 is 0 Å². The van der Waals surface area contributed by atoms with Crippen LogP contribution in [0.3, 0.4) is 0 Å². The second-order valence-electron chi connectivity index (χ2n) is 6.73. The lowest BCUT2D eigenvalue weighted by molar-refractivity contribution is 0.414. The molecule has 2 N–H and O–H groups in total. The smallest absolute Gasteiger partial charge is 0.213 e. The molecule has 8 heteroatoms. The van der Waals surface area contributed by atoms with E-state index in [1.807, 2.05) is 19.1 Å². The Kier molecular flexibility index (Phi) is 10.9. The summed E-state index contributed by atoms with van der Waals surface area (Å²) >= 11 is 0. The molecular formula is C20H36N4O3S. The molecule has 160 valence electrons. The van der Waals surface area contributed by atoms with Crippen LogP contribution in [0, 0.1) is 0 Å². The summed E-state index contributed by atoms with van der Waals surface area (Å²) in [5.41, 5.74) is 1.28. The molecule has 0 radical (unpaired) electrons. The topological polar surface area (TPSA) is 83.0 Å². The lowest BCUT2D eigenvalue weighted by atomic mass is 9.98. The summed E-state index contributed by atoms with van der Waals surface area (Å²) in [6, 6.07) is 8.17. The van der Waals surface area contributed by atoms with Gasteiger partial charge in [0.25, 0.3) is 0 Å². The molecule has 0 bridgehead atoms. The number of guanidine groups is 1. The van der Waals surface area contributed by atoms with Crippen molar-refractivity contribution in [1.82, 2.24) is 14.9 Å². The third kappa shape index (κ3) is 8.48. The van der Waals surface area contributed by atoms with Gasteiger partial charge in [-0.1, -0.05) is 19.1 Å². The number of aliphatic imine (C=N–C) groups is 1. The monoisotopic (exact) mass is 412 g/mol. The molecule has 1 atom stereocenters. The summed E-state index contributed by atoms with van der Waals surface area (Å²) in [5, 5.41) is 6.59. The van der Waals surface area contributed by atoms with E-state index in [1.54, 1.807) is 21.1 Å². The van der Waals surface area contributed by atoms with Crippen LogP contribution in [-0.4, -0.2) is 64.8 Å². The van der Waals surface area contributed by atoms with E-state index in [0.29, 0.717) is 25.4 Å². The Morgan fingerprint density at radius 1 is 1.21 bits per heavy atom. The third-order valence-electron chi connectivity index (χ3n) is 4.64. The van der Waals surface area contributed by atoms with Crippen molar-refractivity contribution in [2.45, 2.75) is 39.5 Å². The van der Waals surface area contributed by atoms with Crippen LogP contribution in [0.15, 0.2) is 29.3 Å². The molecule has 0 aliphatic carbocycles.